The number of ether oxygens (including phenoxy) is 1. The largest absolute Gasteiger partial charge is 0.450 e. The van der Waals surface area contributed by atoms with E-state index in [1.165, 1.54) is 38.5 Å². The maximum atomic E-state index is 12.7. The first-order valence-electron chi connectivity index (χ1n) is 10.2. The number of carbonyl (C=O) groups is 1. The van der Waals surface area contributed by atoms with Crippen molar-refractivity contribution >= 4 is 6.09 Å². The van der Waals surface area contributed by atoms with Gasteiger partial charge in [0.1, 0.15) is 0 Å². The first-order valence-corrected chi connectivity index (χ1v) is 10.2. The monoisotopic (exact) mass is 315 g/mol. The van der Waals surface area contributed by atoms with Gasteiger partial charge < -0.3 is 9.64 Å². The average Bonchev–Trinajstić information content (AvgIpc) is 2.98. The molecule has 7 saturated carbocycles. The number of hydrogen-bond acceptors (Lipinski definition) is 2. The van der Waals surface area contributed by atoms with Crippen LogP contribution >= 0.6 is 0 Å². The number of rotatable bonds is 1. The minimum Gasteiger partial charge on any atom is -0.450 e. The van der Waals surface area contributed by atoms with E-state index in [9.17, 15) is 4.79 Å². The van der Waals surface area contributed by atoms with Gasteiger partial charge in [-0.3, -0.25) is 0 Å². The van der Waals surface area contributed by atoms with Gasteiger partial charge in [-0.2, -0.15) is 0 Å². The Morgan fingerprint density at radius 2 is 1.70 bits per heavy atom. The molecular formula is C20H29NO2. The molecule has 1 aliphatic heterocycles. The van der Waals surface area contributed by atoms with Gasteiger partial charge in [-0.25, -0.2) is 4.79 Å². The van der Waals surface area contributed by atoms with Crippen LogP contribution in [0.3, 0.4) is 0 Å². The molecule has 1 spiro atoms. The summed E-state index contributed by atoms with van der Waals surface area (Å²) < 4.78 is 5.50. The summed E-state index contributed by atoms with van der Waals surface area (Å²) in [4.78, 5) is 15.0. The minimum atomic E-state index is 0.000654. The molecule has 8 bridgehead atoms. The number of nitrogens with zero attached hydrogens (tertiary/aromatic N) is 1. The standard InChI is InChI=1S/C20H29NO2/c1-2-23-19(22)21-5-3-4-20(21)12-9-14-13-6-11-7-16(14)18(20)17(8-11)15(13)10-12/h11-18H,2-10H2,1H3. The highest BCUT2D eigenvalue weighted by atomic mass is 16.6. The van der Waals surface area contributed by atoms with Gasteiger partial charge in [0.2, 0.25) is 0 Å². The van der Waals surface area contributed by atoms with Crippen LogP contribution in [0, 0.1) is 47.3 Å². The molecule has 126 valence electrons. The van der Waals surface area contributed by atoms with Crippen LogP contribution in [0.1, 0.15) is 51.9 Å². The molecular weight excluding hydrogens is 286 g/mol. The lowest BCUT2D eigenvalue weighted by Gasteiger charge is -2.75. The molecule has 3 heteroatoms. The lowest BCUT2D eigenvalue weighted by atomic mass is 9.31. The van der Waals surface area contributed by atoms with E-state index in [0.29, 0.717) is 6.61 Å². The Kier molecular flexibility index (Phi) is 2.51. The Morgan fingerprint density at radius 3 is 2.39 bits per heavy atom. The lowest BCUT2D eigenvalue weighted by molar-refractivity contribution is -0.258. The Hall–Kier alpha value is -0.730. The van der Waals surface area contributed by atoms with Crippen molar-refractivity contribution in [3.05, 3.63) is 0 Å². The Balaban J connectivity index is 1.45. The molecule has 23 heavy (non-hydrogen) atoms. The quantitative estimate of drug-likeness (QED) is 0.734. The van der Waals surface area contributed by atoms with E-state index in [1.807, 2.05) is 6.92 Å². The summed E-state index contributed by atoms with van der Waals surface area (Å²) in [7, 11) is 0. The van der Waals surface area contributed by atoms with Gasteiger partial charge in [-0.05, 0) is 99.2 Å². The van der Waals surface area contributed by atoms with Gasteiger partial charge in [-0.15, -0.1) is 0 Å². The molecule has 8 fully saturated rings. The van der Waals surface area contributed by atoms with E-state index >= 15 is 0 Å². The highest BCUT2D eigenvalue weighted by molar-refractivity contribution is 5.69. The normalized spacial score (nSPS) is 57.7. The number of likely N-dealkylation sites (tertiary alicyclic amines) is 1. The maximum Gasteiger partial charge on any atom is 0.410 e. The molecule has 8 rings (SSSR count). The first kappa shape index (κ1) is 13.5. The van der Waals surface area contributed by atoms with Crippen LogP contribution in [0.15, 0.2) is 0 Å². The molecule has 1 heterocycles. The molecule has 8 aliphatic rings. The average molecular weight is 315 g/mol. The molecule has 3 nitrogen and oxygen atoms in total. The topological polar surface area (TPSA) is 29.5 Å². The summed E-state index contributed by atoms with van der Waals surface area (Å²) in [5, 5.41) is 0. The van der Waals surface area contributed by atoms with Crippen molar-refractivity contribution in [2.45, 2.75) is 57.4 Å². The summed E-state index contributed by atoms with van der Waals surface area (Å²) in [6, 6.07) is 0. The summed E-state index contributed by atoms with van der Waals surface area (Å²) in [6.07, 6.45) is 9.85. The van der Waals surface area contributed by atoms with Crippen LogP contribution in [-0.4, -0.2) is 29.7 Å². The molecule has 1 saturated heterocycles. The van der Waals surface area contributed by atoms with Crippen LogP contribution in [0.2, 0.25) is 0 Å². The van der Waals surface area contributed by atoms with E-state index in [4.69, 9.17) is 4.74 Å². The van der Waals surface area contributed by atoms with Crippen LogP contribution in [0.5, 0.6) is 0 Å². The highest BCUT2D eigenvalue weighted by Crippen LogP contribution is 2.75. The van der Waals surface area contributed by atoms with Gasteiger partial charge in [0.05, 0.1) is 12.1 Å². The van der Waals surface area contributed by atoms with Crippen molar-refractivity contribution < 1.29 is 9.53 Å². The first-order chi connectivity index (χ1) is 11.2. The van der Waals surface area contributed by atoms with Crippen LogP contribution in [-0.2, 0) is 4.74 Å². The van der Waals surface area contributed by atoms with Crippen molar-refractivity contribution in [2.75, 3.05) is 13.2 Å². The molecule has 5 atom stereocenters. The van der Waals surface area contributed by atoms with Gasteiger partial charge in [-0.1, -0.05) is 0 Å². The maximum absolute atomic E-state index is 12.7. The molecule has 0 N–H and O–H groups in total. The molecule has 0 aromatic carbocycles. The zero-order valence-electron chi connectivity index (χ0n) is 14.2. The van der Waals surface area contributed by atoms with Gasteiger partial charge in [0.25, 0.3) is 0 Å². The van der Waals surface area contributed by atoms with E-state index in [1.54, 1.807) is 6.42 Å². The van der Waals surface area contributed by atoms with Crippen molar-refractivity contribution in [1.29, 1.82) is 0 Å². The molecule has 1 amide bonds. The van der Waals surface area contributed by atoms with Gasteiger partial charge in [0, 0.05) is 6.54 Å². The third kappa shape index (κ3) is 1.39. The second kappa shape index (κ2) is 4.26. The number of hydrogen-bond donors (Lipinski definition) is 0. The summed E-state index contributed by atoms with van der Waals surface area (Å²) in [5.74, 6) is 7.64. The summed E-state index contributed by atoms with van der Waals surface area (Å²) in [5.41, 5.74) is 0.196. The van der Waals surface area contributed by atoms with Crippen LogP contribution in [0.25, 0.3) is 0 Å². The molecule has 7 aliphatic carbocycles. The number of carbonyl (C=O) groups excluding carboxylic acids is 1. The van der Waals surface area contributed by atoms with E-state index < -0.39 is 0 Å². The van der Waals surface area contributed by atoms with Crippen molar-refractivity contribution in [1.82, 2.24) is 4.90 Å². The predicted molar refractivity (Wildman–Crippen MR) is 86.7 cm³/mol. The Morgan fingerprint density at radius 1 is 1.04 bits per heavy atom. The zero-order chi connectivity index (χ0) is 15.3. The third-order valence-corrected chi connectivity index (χ3v) is 9.29. The van der Waals surface area contributed by atoms with Crippen LogP contribution < -0.4 is 0 Å². The zero-order valence-corrected chi connectivity index (χ0v) is 14.2. The van der Waals surface area contributed by atoms with Gasteiger partial charge >= 0.3 is 6.09 Å². The van der Waals surface area contributed by atoms with Crippen molar-refractivity contribution in [3.8, 4) is 0 Å². The second-order valence-electron chi connectivity index (χ2n) is 9.53. The van der Waals surface area contributed by atoms with Crippen molar-refractivity contribution in [3.63, 3.8) is 0 Å². The Bertz CT molecular complexity index is 538. The lowest BCUT2D eigenvalue weighted by Crippen LogP contribution is -2.75. The summed E-state index contributed by atoms with van der Waals surface area (Å²) in [6.45, 7) is 3.41. The van der Waals surface area contributed by atoms with E-state index in [0.717, 1.165) is 53.9 Å². The van der Waals surface area contributed by atoms with E-state index in [-0.39, 0.29) is 11.6 Å². The smallest absolute Gasteiger partial charge is 0.410 e. The molecule has 0 aromatic heterocycles. The fourth-order valence-corrected chi connectivity index (χ4v) is 9.21. The van der Waals surface area contributed by atoms with E-state index in [2.05, 4.69) is 4.90 Å². The fraction of sp³-hybridized carbons (Fsp3) is 0.950. The SMILES string of the molecule is CCOC(=O)N1CCCC12C1CC3C4CC5CC3C2C(C5)C4C1. The van der Waals surface area contributed by atoms with Gasteiger partial charge in [0.15, 0.2) is 0 Å². The molecule has 5 unspecified atom stereocenters. The highest BCUT2D eigenvalue weighted by Gasteiger charge is 2.73. The molecule has 0 radical (unpaired) electrons. The molecule has 0 aromatic rings. The fourth-order valence-electron chi connectivity index (χ4n) is 9.21. The third-order valence-electron chi connectivity index (χ3n) is 9.29. The van der Waals surface area contributed by atoms with Crippen molar-refractivity contribution in [2.24, 2.45) is 47.3 Å². The minimum absolute atomic E-state index is 0.000654. The Labute approximate surface area is 139 Å². The number of amides is 1. The summed E-state index contributed by atoms with van der Waals surface area (Å²) >= 11 is 0. The van der Waals surface area contributed by atoms with Crippen LogP contribution in [0.4, 0.5) is 4.79 Å². The second-order valence-corrected chi connectivity index (χ2v) is 9.53. The predicted octanol–water partition coefficient (Wildman–Crippen LogP) is 3.93.